The molecule has 1 unspecified atom stereocenters. The van der Waals surface area contributed by atoms with E-state index in [1.807, 2.05) is 13.8 Å². The third-order valence-electron chi connectivity index (χ3n) is 3.52. The van der Waals surface area contributed by atoms with E-state index in [1.165, 1.54) is 12.1 Å². The van der Waals surface area contributed by atoms with E-state index < -0.39 is 12.5 Å². The molecule has 0 aliphatic rings. The van der Waals surface area contributed by atoms with Crippen LogP contribution in [0.5, 0.6) is 0 Å². The molecule has 0 saturated carbocycles. The lowest BCUT2D eigenvalue weighted by Gasteiger charge is -2.25. The number of non-ortho nitro benzene ring substituents is 1. The van der Waals surface area contributed by atoms with Crippen molar-refractivity contribution in [3.63, 3.8) is 0 Å². The van der Waals surface area contributed by atoms with E-state index in [1.54, 1.807) is 32.2 Å². The molecule has 0 aliphatic heterocycles. The van der Waals surface area contributed by atoms with E-state index in [0.717, 1.165) is 13.0 Å². The average Bonchev–Trinajstić information content (AvgIpc) is 2.60. The maximum atomic E-state index is 13.2. The van der Waals surface area contributed by atoms with Gasteiger partial charge in [-0.25, -0.2) is 0 Å². The molecule has 0 heterocycles. The van der Waals surface area contributed by atoms with Crippen LogP contribution in [0.3, 0.4) is 0 Å². The normalized spacial score (nSPS) is 13.5. The first-order valence-corrected chi connectivity index (χ1v) is 10.3. The van der Waals surface area contributed by atoms with Crippen LogP contribution in [0, 0.1) is 10.1 Å². The number of nitrogens with zero attached hydrogens (tertiary/aromatic N) is 1. The topological polar surface area (TPSA) is 103 Å². The second kappa shape index (κ2) is 11.1. The van der Waals surface area contributed by atoms with Gasteiger partial charge in [0.2, 0.25) is 0 Å². The molecule has 0 saturated heterocycles. The summed E-state index contributed by atoms with van der Waals surface area (Å²) in [5.41, 5.74) is 0.641. The first-order valence-electron chi connectivity index (χ1n) is 8.72. The third kappa shape index (κ3) is 6.53. The highest BCUT2D eigenvalue weighted by molar-refractivity contribution is 7.58. The first kappa shape index (κ1) is 22.3. The first-order chi connectivity index (χ1) is 12.4. The predicted molar refractivity (Wildman–Crippen MR) is 103 cm³/mol. The Labute approximate surface area is 154 Å². The molecule has 0 radical (unpaired) electrons. The molecule has 0 spiro atoms. The summed E-state index contributed by atoms with van der Waals surface area (Å²) < 4.78 is 24.1. The maximum absolute atomic E-state index is 13.2. The Hall–Kier alpha value is -1.73. The van der Waals surface area contributed by atoms with Gasteiger partial charge in [0.15, 0.2) is 0 Å². The second-order valence-electron chi connectivity index (χ2n) is 5.53. The minimum absolute atomic E-state index is 0.00652. The zero-order valence-electron chi connectivity index (χ0n) is 15.7. The van der Waals surface area contributed by atoms with Crippen LogP contribution in [0.4, 0.5) is 11.4 Å². The second-order valence-corrected chi connectivity index (χ2v) is 7.55. The molecule has 1 rings (SSSR count). The van der Waals surface area contributed by atoms with E-state index in [-0.39, 0.29) is 24.9 Å². The summed E-state index contributed by atoms with van der Waals surface area (Å²) in [7, 11) is -3.46. The molecule has 0 fully saturated rings. The lowest BCUT2D eigenvalue weighted by Crippen LogP contribution is -2.29. The maximum Gasteiger partial charge on any atom is 0.360 e. The Kier molecular flexibility index (Phi) is 9.51. The molecule has 1 aromatic rings. The van der Waals surface area contributed by atoms with E-state index >= 15 is 0 Å². The number of nitro groups is 1. The van der Waals surface area contributed by atoms with Gasteiger partial charge >= 0.3 is 7.60 Å². The van der Waals surface area contributed by atoms with Gasteiger partial charge in [0, 0.05) is 30.1 Å². The summed E-state index contributed by atoms with van der Waals surface area (Å²) in [6.07, 6.45) is 2.53. The molecule has 1 atom stereocenters. The fourth-order valence-electron chi connectivity index (χ4n) is 2.27. The fourth-order valence-corrected chi connectivity index (χ4v) is 4.11. The van der Waals surface area contributed by atoms with Crippen LogP contribution in [0.15, 0.2) is 35.8 Å². The Morgan fingerprint density at radius 2 is 1.81 bits per heavy atom. The monoisotopic (exact) mass is 385 g/mol. The van der Waals surface area contributed by atoms with Crippen LogP contribution in [0.25, 0.3) is 0 Å². The van der Waals surface area contributed by atoms with E-state index in [0.29, 0.717) is 11.0 Å². The van der Waals surface area contributed by atoms with Crippen molar-refractivity contribution in [3.05, 3.63) is 45.9 Å². The summed E-state index contributed by atoms with van der Waals surface area (Å²) in [6, 6.07) is 5.74. The number of anilines is 1. The number of hydrogen-bond acceptors (Lipinski definition) is 7. The highest BCUT2D eigenvalue weighted by Gasteiger charge is 2.33. The van der Waals surface area contributed by atoms with Crippen molar-refractivity contribution >= 4 is 19.0 Å². The summed E-state index contributed by atoms with van der Waals surface area (Å²) in [5, 5.41) is 17.5. The van der Waals surface area contributed by atoms with Crippen molar-refractivity contribution < 1.29 is 18.5 Å². The zero-order chi connectivity index (χ0) is 19.6. The smallest absolute Gasteiger partial charge is 0.360 e. The Morgan fingerprint density at radius 3 is 2.27 bits per heavy atom. The molecule has 2 N–H and O–H groups in total. The van der Waals surface area contributed by atoms with Crippen LogP contribution < -0.4 is 10.6 Å². The predicted octanol–water partition coefficient (Wildman–Crippen LogP) is 4.50. The van der Waals surface area contributed by atoms with Gasteiger partial charge in [-0.1, -0.05) is 6.92 Å². The third-order valence-corrected chi connectivity index (χ3v) is 5.87. The number of hydrogen-bond donors (Lipinski definition) is 2. The van der Waals surface area contributed by atoms with E-state index in [9.17, 15) is 14.7 Å². The molecular formula is C17H28N3O5P. The highest BCUT2D eigenvalue weighted by atomic mass is 31.2. The summed E-state index contributed by atoms with van der Waals surface area (Å²) in [5.74, 6) is 0. The Morgan fingerprint density at radius 1 is 1.23 bits per heavy atom. The molecule has 0 aromatic heterocycles. The lowest BCUT2D eigenvalue weighted by molar-refractivity contribution is -0.384. The molecule has 0 bridgehead atoms. The van der Waals surface area contributed by atoms with Gasteiger partial charge in [-0.3, -0.25) is 14.7 Å². The van der Waals surface area contributed by atoms with Gasteiger partial charge in [-0.05, 0) is 45.9 Å². The minimum atomic E-state index is -3.46. The van der Waals surface area contributed by atoms with Gasteiger partial charge < -0.3 is 19.7 Å². The number of nitrogens with one attached hydrogen (secondary N) is 2. The molecule has 9 heteroatoms. The van der Waals surface area contributed by atoms with Crippen molar-refractivity contribution in [2.75, 3.05) is 25.1 Å². The molecule has 26 heavy (non-hydrogen) atoms. The van der Waals surface area contributed by atoms with Crippen molar-refractivity contribution in [3.8, 4) is 0 Å². The molecule has 0 amide bonds. The SMILES string of the molecule is CCCNC(C)/C(=C\Nc1ccc([N+](=O)[O-])cc1)P(=O)(OCC)OCC. The van der Waals surface area contributed by atoms with Gasteiger partial charge in [0.05, 0.1) is 23.5 Å². The Bertz CT molecular complexity index is 638. The Balaban J connectivity index is 3.10. The quantitative estimate of drug-likeness (QED) is 0.310. The minimum Gasteiger partial charge on any atom is -0.361 e. The summed E-state index contributed by atoms with van der Waals surface area (Å²) in [4.78, 5) is 10.3. The number of nitro benzene ring substituents is 1. The van der Waals surface area contributed by atoms with Crippen LogP contribution in [0.2, 0.25) is 0 Å². The van der Waals surface area contributed by atoms with Crippen molar-refractivity contribution in [2.45, 2.75) is 40.2 Å². The van der Waals surface area contributed by atoms with Crippen LogP contribution in [0.1, 0.15) is 34.1 Å². The molecule has 1 aromatic carbocycles. The highest BCUT2D eigenvalue weighted by Crippen LogP contribution is 2.57. The largest absolute Gasteiger partial charge is 0.361 e. The van der Waals surface area contributed by atoms with Crippen molar-refractivity contribution in [2.24, 2.45) is 0 Å². The van der Waals surface area contributed by atoms with Crippen molar-refractivity contribution in [1.29, 1.82) is 0 Å². The molecule has 0 aliphatic carbocycles. The van der Waals surface area contributed by atoms with Crippen LogP contribution >= 0.6 is 7.60 Å². The lowest BCUT2D eigenvalue weighted by atomic mass is 10.2. The summed E-state index contributed by atoms with van der Waals surface area (Å²) in [6.45, 7) is 8.73. The van der Waals surface area contributed by atoms with Gasteiger partial charge in [0.1, 0.15) is 0 Å². The van der Waals surface area contributed by atoms with Crippen molar-refractivity contribution in [1.82, 2.24) is 5.32 Å². The molecule has 8 nitrogen and oxygen atoms in total. The van der Waals surface area contributed by atoms with Gasteiger partial charge in [0.25, 0.3) is 5.69 Å². The van der Waals surface area contributed by atoms with Gasteiger partial charge in [-0.15, -0.1) is 0 Å². The summed E-state index contributed by atoms with van der Waals surface area (Å²) >= 11 is 0. The molecular weight excluding hydrogens is 357 g/mol. The average molecular weight is 385 g/mol. The van der Waals surface area contributed by atoms with Crippen LogP contribution in [-0.4, -0.2) is 30.7 Å². The fraction of sp³-hybridized carbons (Fsp3) is 0.529. The van der Waals surface area contributed by atoms with Crippen LogP contribution in [-0.2, 0) is 13.6 Å². The number of rotatable bonds is 12. The van der Waals surface area contributed by atoms with E-state index in [4.69, 9.17) is 9.05 Å². The zero-order valence-corrected chi connectivity index (χ0v) is 16.6. The van der Waals surface area contributed by atoms with E-state index in [2.05, 4.69) is 10.6 Å². The molecule has 146 valence electrons. The van der Waals surface area contributed by atoms with Gasteiger partial charge in [-0.2, -0.15) is 0 Å². The number of benzene rings is 1. The standard InChI is InChI=1S/C17H28N3O5P/c1-5-12-18-14(4)17(26(23,24-6-2)25-7-3)13-19-15-8-10-16(11-9-15)20(21)22/h8-11,13-14,18-19H,5-7,12H2,1-4H3/b17-13+.